The molecule has 2 amide bonds. The molecule has 0 saturated carbocycles. The lowest BCUT2D eigenvalue weighted by Gasteiger charge is -2.06. The fourth-order valence-corrected chi connectivity index (χ4v) is 2.11. The van der Waals surface area contributed by atoms with Gasteiger partial charge in [-0.15, -0.1) is 11.3 Å². The number of carbonyl (C=O) groups excluding carboxylic acids is 2. The Hall–Kier alpha value is -1.40. The van der Waals surface area contributed by atoms with Gasteiger partial charge in [0.2, 0.25) is 11.8 Å². The van der Waals surface area contributed by atoms with Gasteiger partial charge < -0.3 is 16.0 Å². The zero-order valence-electron chi connectivity index (χ0n) is 10.0. The molecule has 0 aliphatic rings. The van der Waals surface area contributed by atoms with Crippen LogP contribution in [0, 0.1) is 0 Å². The van der Waals surface area contributed by atoms with Crippen molar-refractivity contribution in [3.8, 4) is 0 Å². The van der Waals surface area contributed by atoms with Gasteiger partial charge in [0.1, 0.15) is 0 Å². The molecule has 0 atom stereocenters. The Morgan fingerprint density at radius 1 is 1.41 bits per heavy atom. The predicted octanol–water partition coefficient (Wildman–Crippen LogP) is 0.932. The molecule has 1 aromatic rings. The normalized spacial score (nSPS) is 10.0. The third-order valence-corrected chi connectivity index (χ3v) is 3.07. The molecule has 1 rings (SSSR count). The lowest BCUT2D eigenvalue weighted by atomic mass is 10.3. The highest BCUT2D eigenvalue weighted by molar-refractivity contribution is 7.10. The third kappa shape index (κ3) is 4.97. The van der Waals surface area contributed by atoms with Gasteiger partial charge in [0, 0.05) is 38.4 Å². The van der Waals surface area contributed by atoms with Gasteiger partial charge in [-0.2, -0.15) is 0 Å². The van der Waals surface area contributed by atoms with Gasteiger partial charge in [-0.3, -0.25) is 9.59 Å². The van der Waals surface area contributed by atoms with E-state index in [1.54, 1.807) is 18.4 Å². The van der Waals surface area contributed by atoms with Crippen LogP contribution < -0.4 is 16.0 Å². The molecule has 0 aromatic carbocycles. The molecule has 0 saturated heterocycles. The van der Waals surface area contributed by atoms with Crippen molar-refractivity contribution in [3.63, 3.8) is 0 Å². The first kappa shape index (κ1) is 13.7. The number of nitrogens with one attached hydrogen (secondary N) is 3. The molecule has 6 heteroatoms. The standard InChI is InChI=1S/C11H17N3O2S/c1-8(15)14-9-4-6-17-10(9)7-13-5-3-11(16)12-2/h4,6,13H,3,5,7H2,1-2H3,(H,12,16)(H,14,15). The van der Waals surface area contributed by atoms with Crippen LogP contribution in [0.15, 0.2) is 11.4 Å². The molecule has 0 fully saturated rings. The van der Waals surface area contributed by atoms with Crippen molar-refractivity contribution in [3.05, 3.63) is 16.3 Å². The molecule has 0 radical (unpaired) electrons. The Kier molecular flexibility index (Phi) is 5.65. The summed E-state index contributed by atoms with van der Waals surface area (Å²) in [6.45, 7) is 2.77. The minimum Gasteiger partial charge on any atom is -0.359 e. The molecule has 3 N–H and O–H groups in total. The molecule has 0 spiro atoms. The summed E-state index contributed by atoms with van der Waals surface area (Å²) < 4.78 is 0. The fraction of sp³-hybridized carbons (Fsp3) is 0.455. The van der Waals surface area contributed by atoms with Gasteiger partial charge in [-0.05, 0) is 11.4 Å². The van der Waals surface area contributed by atoms with E-state index >= 15 is 0 Å². The molecule has 1 aromatic heterocycles. The Balaban J connectivity index is 2.34. The number of hydrogen-bond donors (Lipinski definition) is 3. The smallest absolute Gasteiger partial charge is 0.221 e. The molecular formula is C11H17N3O2S. The maximum absolute atomic E-state index is 11.0. The highest BCUT2D eigenvalue weighted by Gasteiger charge is 2.05. The summed E-state index contributed by atoms with van der Waals surface area (Å²) in [5.41, 5.74) is 0.843. The molecule has 5 nitrogen and oxygen atoms in total. The van der Waals surface area contributed by atoms with Gasteiger partial charge in [0.15, 0.2) is 0 Å². The van der Waals surface area contributed by atoms with Crippen molar-refractivity contribution in [2.24, 2.45) is 0 Å². The van der Waals surface area contributed by atoms with Crippen LogP contribution in [0.2, 0.25) is 0 Å². The highest BCUT2D eigenvalue weighted by atomic mass is 32.1. The van der Waals surface area contributed by atoms with E-state index in [9.17, 15) is 9.59 Å². The number of rotatable bonds is 6. The Morgan fingerprint density at radius 3 is 2.82 bits per heavy atom. The van der Waals surface area contributed by atoms with E-state index in [0.717, 1.165) is 10.6 Å². The number of carbonyl (C=O) groups is 2. The van der Waals surface area contributed by atoms with Gasteiger partial charge in [0.05, 0.1) is 5.69 Å². The molecule has 0 unspecified atom stereocenters. The Labute approximate surface area is 105 Å². The zero-order valence-corrected chi connectivity index (χ0v) is 10.8. The van der Waals surface area contributed by atoms with Crippen molar-refractivity contribution in [1.29, 1.82) is 0 Å². The SMILES string of the molecule is CNC(=O)CCNCc1sccc1NC(C)=O. The molecule has 0 bridgehead atoms. The highest BCUT2D eigenvalue weighted by Crippen LogP contribution is 2.21. The van der Waals surface area contributed by atoms with Gasteiger partial charge in [0.25, 0.3) is 0 Å². The quantitative estimate of drug-likeness (QED) is 0.662. The second-order valence-corrected chi connectivity index (χ2v) is 4.54. The van der Waals surface area contributed by atoms with Crippen LogP contribution in [-0.2, 0) is 16.1 Å². The average Bonchev–Trinajstić information content (AvgIpc) is 2.70. The van der Waals surface area contributed by atoms with Crippen LogP contribution in [-0.4, -0.2) is 25.4 Å². The summed E-state index contributed by atoms with van der Waals surface area (Å²) in [6, 6.07) is 1.88. The van der Waals surface area contributed by atoms with Crippen molar-refractivity contribution in [1.82, 2.24) is 10.6 Å². The van der Waals surface area contributed by atoms with E-state index in [-0.39, 0.29) is 11.8 Å². The van der Waals surface area contributed by atoms with Crippen LogP contribution in [0.3, 0.4) is 0 Å². The molecule has 1 heterocycles. The van der Waals surface area contributed by atoms with E-state index < -0.39 is 0 Å². The average molecular weight is 255 g/mol. The molecule has 94 valence electrons. The number of hydrogen-bond acceptors (Lipinski definition) is 4. The lowest BCUT2D eigenvalue weighted by molar-refractivity contribution is -0.120. The number of amides is 2. The molecule has 17 heavy (non-hydrogen) atoms. The second-order valence-electron chi connectivity index (χ2n) is 3.54. The zero-order chi connectivity index (χ0) is 12.7. The van der Waals surface area contributed by atoms with Gasteiger partial charge >= 0.3 is 0 Å². The van der Waals surface area contributed by atoms with Crippen LogP contribution >= 0.6 is 11.3 Å². The maximum atomic E-state index is 11.0. The summed E-state index contributed by atoms with van der Waals surface area (Å²) >= 11 is 1.58. The Bertz CT molecular complexity index is 390. The summed E-state index contributed by atoms with van der Waals surface area (Å²) in [4.78, 5) is 23.0. The molecule has 0 aliphatic carbocycles. The first-order chi connectivity index (χ1) is 8.13. The summed E-state index contributed by atoms with van der Waals surface area (Å²) in [7, 11) is 1.62. The number of anilines is 1. The lowest BCUT2D eigenvalue weighted by Crippen LogP contribution is -2.24. The second kappa shape index (κ2) is 7.03. The number of thiophene rings is 1. The monoisotopic (exact) mass is 255 g/mol. The van der Waals surface area contributed by atoms with E-state index in [2.05, 4.69) is 16.0 Å². The van der Waals surface area contributed by atoms with Crippen LogP contribution in [0.25, 0.3) is 0 Å². The van der Waals surface area contributed by atoms with Gasteiger partial charge in [-0.25, -0.2) is 0 Å². The van der Waals surface area contributed by atoms with Crippen LogP contribution in [0.5, 0.6) is 0 Å². The summed E-state index contributed by atoms with van der Waals surface area (Å²) in [6.07, 6.45) is 0.456. The van der Waals surface area contributed by atoms with Crippen molar-refractivity contribution in [2.45, 2.75) is 19.9 Å². The third-order valence-electron chi connectivity index (χ3n) is 2.15. The van der Waals surface area contributed by atoms with E-state index in [1.165, 1.54) is 6.92 Å². The molecule has 0 aliphatic heterocycles. The van der Waals surface area contributed by atoms with Crippen molar-refractivity contribution >= 4 is 28.8 Å². The van der Waals surface area contributed by atoms with Crippen LogP contribution in [0.1, 0.15) is 18.2 Å². The van der Waals surface area contributed by atoms with Gasteiger partial charge in [-0.1, -0.05) is 0 Å². The first-order valence-electron chi connectivity index (χ1n) is 5.38. The Morgan fingerprint density at radius 2 is 2.18 bits per heavy atom. The minimum absolute atomic E-state index is 0.0192. The summed E-state index contributed by atoms with van der Waals surface area (Å²) in [5, 5.41) is 10.4. The fourth-order valence-electron chi connectivity index (χ4n) is 1.31. The predicted molar refractivity (Wildman–Crippen MR) is 69.0 cm³/mol. The minimum atomic E-state index is -0.0741. The summed E-state index contributed by atoms with van der Waals surface area (Å²) in [5.74, 6) is -0.0548. The van der Waals surface area contributed by atoms with Crippen molar-refractivity contribution in [2.75, 3.05) is 18.9 Å². The topological polar surface area (TPSA) is 70.2 Å². The van der Waals surface area contributed by atoms with Crippen molar-refractivity contribution < 1.29 is 9.59 Å². The molecular weight excluding hydrogens is 238 g/mol. The van der Waals surface area contributed by atoms with E-state index in [4.69, 9.17) is 0 Å². The van der Waals surface area contributed by atoms with E-state index in [1.807, 2.05) is 11.4 Å². The van der Waals surface area contributed by atoms with Crippen LogP contribution in [0.4, 0.5) is 5.69 Å². The first-order valence-corrected chi connectivity index (χ1v) is 6.26. The van der Waals surface area contributed by atoms with E-state index in [0.29, 0.717) is 19.5 Å². The largest absolute Gasteiger partial charge is 0.359 e. The maximum Gasteiger partial charge on any atom is 0.221 e.